The Bertz CT molecular complexity index is 550. The minimum Gasteiger partial charge on any atom is -0.381 e. The number of aromatic nitrogens is 3. The monoisotopic (exact) mass is 369 g/mol. The van der Waals surface area contributed by atoms with Gasteiger partial charge in [0.25, 0.3) is 0 Å². The molecule has 0 radical (unpaired) electrons. The van der Waals surface area contributed by atoms with Gasteiger partial charge >= 0.3 is 0 Å². The molecule has 0 aromatic carbocycles. The average Bonchev–Trinajstić information content (AvgIpc) is 3.07. The molecule has 0 aliphatic carbocycles. The van der Waals surface area contributed by atoms with Crippen LogP contribution >= 0.6 is 12.4 Å². The fraction of sp³-hybridized carbons (Fsp3) is 0.889. The molecule has 0 saturated carbocycles. The molecule has 142 valence electrons. The van der Waals surface area contributed by atoms with Crippen LogP contribution in [0.25, 0.3) is 0 Å². The van der Waals surface area contributed by atoms with E-state index in [0.717, 1.165) is 38.7 Å². The van der Waals surface area contributed by atoms with Gasteiger partial charge in [-0.25, -0.2) is 0 Å². The van der Waals surface area contributed by atoms with E-state index in [0.29, 0.717) is 11.3 Å². The van der Waals surface area contributed by atoms with E-state index >= 15 is 0 Å². The zero-order chi connectivity index (χ0) is 16.4. The van der Waals surface area contributed by atoms with E-state index in [2.05, 4.69) is 31.9 Å². The molecule has 0 amide bonds. The Labute approximate surface area is 157 Å². The Morgan fingerprint density at radius 3 is 2.64 bits per heavy atom. The summed E-state index contributed by atoms with van der Waals surface area (Å²) in [5.41, 5.74) is 0.491. The van der Waals surface area contributed by atoms with Crippen molar-refractivity contribution in [3.63, 3.8) is 0 Å². The molecule has 1 aromatic rings. The lowest BCUT2D eigenvalue weighted by Gasteiger charge is -2.42. The molecule has 3 aliphatic heterocycles. The third kappa shape index (κ3) is 4.02. The number of ether oxygens (including phenoxy) is 1. The lowest BCUT2D eigenvalue weighted by molar-refractivity contribution is -0.0107. The van der Waals surface area contributed by atoms with Crippen molar-refractivity contribution in [2.75, 3.05) is 39.4 Å². The van der Waals surface area contributed by atoms with Gasteiger partial charge in [-0.05, 0) is 50.6 Å². The van der Waals surface area contributed by atoms with Gasteiger partial charge in [0, 0.05) is 38.8 Å². The first kappa shape index (κ1) is 19.1. The van der Waals surface area contributed by atoms with Gasteiger partial charge in [0.15, 0.2) is 0 Å². The highest BCUT2D eigenvalue weighted by atomic mass is 35.5. The maximum absolute atomic E-state index is 5.59. The van der Waals surface area contributed by atoms with Crippen LogP contribution in [0.5, 0.6) is 0 Å². The molecular formula is C18H32ClN5O. The number of rotatable bonds is 4. The van der Waals surface area contributed by atoms with E-state index < -0.39 is 0 Å². The van der Waals surface area contributed by atoms with Crippen LogP contribution in [-0.4, -0.2) is 59.1 Å². The number of hydrogen-bond donors (Lipinski definition) is 1. The highest BCUT2D eigenvalue weighted by molar-refractivity contribution is 5.85. The number of nitrogens with zero attached hydrogens (tertiary/aromatic N) is 4. The molecule has 25 heavy (non-hydrogen) atoms. The summed E-state index contributed by atoms with van der Waals surface area (Å²) in [4.78, 5) is 2.69. The Balaban J connectivity index is 0.00000182. The largest absolute Gasteiger partial charge is 0.381 e. The van der Waals surface area contributed by atoms with Gasteiger partial charge in [-0.2, -0.15) is 0 Å². The van der Waals surface area contributed by atoms with Crippen LogP contribution in [0.15, 0.2) is 0 Å². The standard InChI is InChI=1S/C18H31N5O.ClH/c1-2-18(5-11-24-12-6-18)14-22-8-3-15(4-9-22)17-21-20-16-13-19-7-10-23(16)17;/h15,19H,2-14H2,1H3;1H. The SMILES string of the molecule is CCC1(CN2CCC(c3nnc4n3CCNC4)CC2)CCOCC1.Cl. The average molecular weight is 370 g/mol. The molecular weight excluding hydrogens is 338 g/mol. The van der Waals surface area contributed by atoms with Crippen molar-refractivity contribution in [3.8, 4) is 0 Å². The highest BCUT2D eigenvalue weighted by Gasteiger charge is 2.35. The van der Waals surface area contributed by atoms with Crippen molar-refractivity contribution < 1.29 is 4.74 Å². The predicted octanol–water partition coefficient (Wildman–Crippen LogP) is 2.19. The second-order valence-electron chi connectivity index (χ2n) is 7.82. The number of hydrogen-bond acceptors (Lipinski definition) is 5. The second-order valence-corrected chi connectivity index (χ2v) is 7.82. The molecule has 6 nitrogen and oxygen atoms in total. The molecule has 3 aliphatic rings. The lowest BCUT2D eigenvalue weighted by Crippen LogP contribution is -2.44. The van der Waals surface area contributed by atoms with Crippen LogP contribution in [0.1, 0.15) is 56.6 Å². The van der Waals surface area contributed by atoms with Crippen molar-refractivity contribution in [3.05, 3.63) is 11.6 Å². The molecule has 0 atom stereocenters. The maximum Gasteiger partial charge on any atom is 0.147 e. The summed E-state index contributed by atoms with van der Waals surface area (Å²) in [5, 5.41) is 12.3. The first-order chi connectivity index (χ1) is 11.8. The summed E-state index contributed by atoms with van der Waals surface area (Å²) in [6, 6.07) is 0. The number of fused-ring (bicyclic) bond motifs is 1. The summed E-state index contributed by atoms with van der Waals surface area (Å²) in [7, 11) is 0. The molecule has 1 aromatic heterocycles. The fourth-order valence-corrected chi connectivity index (χ4v) is 4.67. The Morgan fingerprint density at radius 1 is 1.16 bits per heavy atom. The topological polar surface area (TPSA) is 55.2 Å². The van der Waals surface area contributed by atoms with Gasteiger partial charge in [0.05, 0.1) is 6.54 Å². The van der Waals surface area contributed by atoms with Crippen molar-refractivity contribution in [2.45, 2.75) is 58.0 Å². The first-order valence-corrected chi connectivity index (χ1v) is 9.72. The van der Waals surface area contributed by atoms with Gasteiger partial charge in [0.1, 0.15) is 11.6 Å². The minimum absolute atomic E-state index is 0. The Morgan fingerprint density at radius 2 is 1.92 bits per heavy atom. The van der Waals surface area contributed by atoms with Crippen molar-refractivity contribution >= 4 is 12.4 Å². The van der Waals surface area contributed by atoms with Gasteiger partial charge < -0.3 is 19.5 Å². The number of likely N-dealkylation sites (tertiary alicyclic amines) is 1. The zero-order valence-electron chi connectivity index (χ0n) is 15.4. The fourth-order valence-electron chi connectivity index (χ4n) is 4.67. The van der Waals surface area contributed by atoms with Gasteiger partial charge in [0.2, 0.25) is 0 Å². The van der Waals surface area contributed by atoms with Crippen LogP contribution in [0.2, 0.25) is 0 Å². The number of nitrogens with one attached hydrogen (secondary N) is 1. The van der Waals surface area contributed by atoms with E-state index in [9.17, 15) is 0 Å². The summed E-state index contributed by atoms with van der Waals surface area (Å²) in [5.74, 6) is 2.95. The zero-order valence-corrected chi connectivity index (χ0v) is 16.2. The van der Waals surface area contributed by atoms with E-state index in [4.69, 9.17) is 4.74 Å². The molecule has 7 heteroatoms. The summed E-state index contributed by atoms with van der Waals surface area (Å²) < 4.78 is 7.96. The highest BCUT2D eigenvalue weighted by Crippen LogP contribution is 2.37. The van der Waals surface area contributed by atoms with Crippen LogP contribution in [0.4, 0.5) is 0 Å². The van der Waals surface area contributed by atoms with Crippen LogP contribution in [0.3, 0.4) is 0 Å². The third-order valence-electron chi connectivity index (χ3n) is 6.47. The Hall–Kier alpha value is -0.690. The molecule has 2 fully saturated rings. The lowest BCUT2D eigenvalue weighted by atomic mass is 9.77. The minimum atomic E-state index is 0. The maximum atomic E-state index is 5.59. The molecule has 4 rings (SSSR count). The first-order valence-electron chi connectivity index (χ1n) is 9.72. The normalized spacial score (nSPS) is 24.5. The molecule has 1 N–H and O–H groups in total. The van der Waals surface area contributed by atoms with Crippen LogP contribution < -0.4 is 5.32 Å². The van der Waals surface area contributed by atoms with Crippen LogP contribution in [-0.2, 0) is 17.8 Å². The van der Waals surface area contributed by atoms with Gasteiger partial charge in [-0.1, -0.05) is 6.92 Å². The summed E-state index contributed by atoms with van der Waals surface area (Å²) in [6.45, 7) is 10.8. The van der Waals surface area contributed by atoms with Gasteiger partial charge in [-0.3, -0.25) is 0 Å². The molecule has 0 spiro atoms. The van der Waals surface area contributed by atoms with E-state index in [1.54, 1.807) is 0 Å². The molecule has 4 heterocycles. The second kappa shape index (κ2) is 8.33. The van der Waals surface area contributed by atoms with Crippen molar-refractivity contribution in [2.24, 2.45) is 5.41 Å². The number of piperidine rings is 1. The smallest absolute Gasteiger partial charge is 0.147 e. The van der Waals surface area contributed by atoms with Gasteiger partial charge in [-0.15, -0.1) is 22.6 Å². The summed E-state index contributed by atoms with van der Waals surface area (Å²) in [6.07, 6.45) is 6.19. The predicted molar refractivity (Wildman–Crippen MR) is 100 cm³/mol. The molecule has 0 unspecified atom stereocenters. The summed E-state index contributed by atoms with van der Waals surface area (Å²) >= 11 is 0. The molecule has 0 bridgehead atoms. The van der Waals surface area contributed by atoms with Crippen LogP contribution in [0, 0.1) is 5.41 Å². The van der Waals surface area contributed by atoms with E-state index in [1.807, 2.05) is 0 Å². The van der Waals surface area contributed by atoms with E-state index in [-0.39, 0.29) is 12.4 Å². The quantitative estimate of drug-likeness (QED) is 0.881. The van der Waals surface area contributed by atoms with Crippen molar-refractivity contribution in [1.82, 2.24) is 25.0 Å². The molecule has 2 saturated heterocycles. The third-order valence-corrected chi connectivity index (χ3v) is 6.47. The number of halogens is 1. The van der Waals surface area contributed by atoms with Crippen molar-refractivity contribution in [1.29, 1.82) is 0 Å². The Kier molecular flexibility index (Phi) is 6.36. The van der Waals surface area contributed by atoms with E-state index in [1.165, 1.54) is 57.6 Å².